The fourth-order valence-electron chi connectivity index (χ4n) is 3.27. The zero-order valence-electron chi connectivity index (χ0n) is 12.1. The lowest BCUT2D eigenvalue weighted by molar-refractivity contribution is 0.0679. The summed E-state index contributed by atoms with van der Waals surface area (Å²) in [7, 11) is 0. The third-order valence-corrected chi connectivity index (χ3v) is 4.14. The maximum Gasteiger partial charge on any atom is 0.109 e. The van der Waals surface area contributed by atoms with Gasteiger partial charge in [-0.2, -0.15) is 0 Å². The van der Waals surface area contributed by atoms with E-state index in [0.717, 1.165) is 52.0 Å². The Morgan fingerprint density at radius 1 is 1.37 bits per heavy atom. The Bertz CT molecular complexity index is 433. The van der Waals surface area contributed by atoms with Crippen LogP contribution in [0.2, 0.25) is 0 Å². The molecule has 1 saturated heterocycles. The first-order chi connectivity index (χ1) is 9.25. The molecule has 0 atom stereocenters. The second kappa shape index (κ2) is 5.63. The monoisotopic (exact) mass is 263 g/mol. The molecule has 0 saturated carbocycles. The first-order valence-corrected chi connectivity index (χ1v) is 7.63. The van der Waals surface area contributed by atoms with Crippen molar-refractivity contribution in [2.75, 3.05) is 19.8 Å². The summed E-state index contributed by atoms with van der Waals surface area (Å²) in [6.07, 6.45) is 4.49. The second-order valence-electron chi connectivity index (χ2n) is 6.16. The van der Waals surface area contributed by atoms with Crippen molar-refractivity contribution in [1.29, 1.82) is 0 Å². The van der Waals surface area contributed by atoms with Crippen LogP contribution in [-0.2, 0) is 24.1 Å². The van der Waals surface area contributed by atoms with Crippen LogP contribution in [0.15, 0.2) is 0 Å². The maximum atomic E-state index is 5.52. The predicted molar refractivity (Wildman–Crippen MR) is 75.3 cm³/mol. The molecule has 19 heavy (non-hydrogen) atoms. The van der Waals surface area contributed by atoms with Crippen molar-refractivity contribution in [3.63, 3.8) is 0 Å². The van der Waals surface area contributed by atoms with Crippen LogP contribution < -0.4 is 5.32 Å². The third-order valence-electron chi connectivity index (χ3n) is 4.14. The third kappa shape index (κ3) is 2.70. The molecule has 3 rings (SSSR count). The summed E-state index contributed by atoms with van der Waals surface area (Å²) in [5.74, 6) is 1.96. The van der Waals surface area contributed by atoms with E-state index in [4.69, 9.17) is 9.72 Å². The van der Waals surface area contributed by atoms with Crippen LogP contribution in [0.1, 0.15) is 49.9 Å². The van der Waals surface area contributed by atoms with E-state index >= 15 is 0 Å². The molecule has 2 aliphatic heterocycles. The van der Waals surface area contributed by atoms with E-state index in [0.29, 0.717) is 12.0 Å². The summed E-state index contributed by atoms with van der Waals surface area (Å²) >= 11 is 0. The number of nitrogens with zero attached hydrogens (tertiary/aromatic N) is 2. The predicted octanol–water partition coefficient (Wildman–Crippen LogP) is 2.08. The molecule has 4 heteroatoms. The Morgan fingerprint density at radius 2 is 2.16 bits per heavy atom. The van der Waals surface area contributed by atoms with Crippen molar-refractivity contribution >= 4 is 0 Å². The molecule has 1 N–H and O–H groups in total. The maximum absolute atomic E-state index is 5.52. The van der Waals surface area contributed by atoms with Gasteiger partial charge >= 0.3 is 0 Å². The molecule has 0 unspecified atom stereocenters. The zero-order valence-corrected chi connectivity index (χ0v) is 12.1. The van der Waals surface area contributed by atoms with E-state index in [1.165, 1.54) is 17.2 Å². The molecule has 1 fully saturated rings. The first kappa shape index (κ1) is 13.1. The van der Waals surface area contributed by atoms with Crippen LogP contribution >= 0.6 is 0 Å². The molecule has 2 aliphatic rings. The number of hydrogen-bond acceptors (Lipinski definition) is 3. The lowest BCUT2D eigenvalue weighted by Crippen LogP contribution is -2.28. The van der Waals surface area contributed by atoms with Gasteiger partial charge in [-0.1, -0.05) is 13.8 Å². The largest absolute Gasteiger partial charge is 0.381 e. The van der Waals surface area contributed by atoms with Crippen molar-refractivity contribution in [3.8, 4) is 0 Å². The van der Waals surface area contributed by atoms with Crippen LogP contribution in [0, 0.1) is 5.92 Å². The molecular weight excluding hydrogens is 238 g/mol. The van der Waals surface area contributed by atoms with Gasteiger partial charge in [-0.05, 0) is 18.8 Å². The molecule has 1 aromatic rings. The lowest BCUT2D eigenvalue weighted by atomic mass is 10.1. The standard InChI is InChI=1S/C15H25N3O/c1-11(2)9-15-17-13-10-16-6-3-14(13)18(15)12-4-7-19-8-5-12/h11-12,16H,3-10H2,1-2H3. The van der Waals surface area contributed by atoms with E-state index in [1.807, 2.05) is 0 Å². The highest BCUT2D eigenvalue weighted by Gasteiger charge is 2.26. The SMILES string of the molecule is CC(C)Cc1nc2c(n1C1CCOCC1)CCNC2. The van der Waals surface area contributed by atoms with Gasteiger partial charge in [0.2, 0.25) is 0 Å². The number of imidazole rings is 1. The number of hydrogen-bond donors (Lipinski definition) is 1. The summed E-state index contributed by atoms with van der Waals surface area (Å²) in [6.45, 7) is 8.38. The van der Waals surface area contributed by atoms with Crippen LogP contribution in [0.5, 0.6) is 0 Å². The van der Waals surface area contributed by atoms with Crippen molar-refractivity contribution in [2.45, 2.75) is 52.1 Å². The van der Waals surface area contributed by atoms with Crippen molar-refractivity contribution < 1.29 is 4.74 Å². The minimum Gasteiger partial charge on any atom is -0.381 e. The molecule has 0 aliphatic carbocycles. The topological polar surface area (TPSA) is 39.1 Å². The number of rotatable bonds is 3. The van der Waals surface area contributed by atoms with Crippen LogP contribution in [0.3, 0.4) is 0 Å². The van der Waals surface area contributed by atoms with E-state index in [-0.39, 0.29) is 0 Å². The van der Waals surface area contributed by atoms with Crippen molar-refractivity contribution in [1.82, 2.24) is 14.9 Å². The van der Waals surface area contributed by atoms with Gasteiger partial charge in [0.05, 0.1) is 5.69 Å². The molecule has 0 aromatic carbocycles. The van der Waals surface area contributed by atoms with E-state index in [9.17, 15) is 0 Å². The van der Waals surface area contributed by atoms with Crippen molar-refractivity contribution in [3.05, 3.63) is 17.2 Å². The fraction of sp³-hybridized carbons (Fsp3) is 0.800. The van der Waals surface area contributed by atoms with Gasteiger partial charge in [-0.3, -0.25) is 0 Å². The molecular formula is C15H25N3O. The molecule has 106 valence electrons. The highest BCUT2D eigenvalue weighted by Crippen LogP contribution is 2.28. The Balaban J connectivity index is 1.95. The van der Waals surface area contributed by atoms with Gasteiger partial charge in [0, 0.05) is 50.9 Å². The smallest absolute Gasteiger partial charge is 0.109 e. The minimum absolute atomic E-state index is 0.608. The summed E-state index contributed by atoms with van der Waals surface area (Å²) < 4.78 is 8.08. The number of fused-ring (bicyclic) bond motifs is 1. The summed E-state index contributed by atoms with van der Waals surface area (Å²) in [6, 6.07) is 0.608. The van der Waals surface area contributed by atoms with Gasteiger partial charge in [0.25, 0.3) is 0 Å². The summed E-state index contributed by atoms with van der Waals surface area (Å²) in [5, 5.41) is 3.44. The second-order valence-corrected chi connectivity index (χ2v) is 6.16. The molecule has 1 aromatic heterocycles. The average molecular weight is 263 g/mol. The van der Waals surface area contributed by atoms with Gasteiger partial charge in [-0.25, -0.2) is 4.98 Å². The van der Waals surface area contributed by atoms with E-state index in [1.54, 1.807) is 0 Å². The molecule has 0 radical (unpaired) electrons. The van der Waals surface area contributed by atoms with Crippen molar-refractivity contribution in [2.24, 2.45) is 5.92 Å². The lowest BCUT2D eigenvalue weighted by Gasteiger charge is -2.28. The fourth-order valence-corrected chi connectivity index (χ4v) is 3.27. The minimum atomic E-state index is 0.608. The molecule has 4 nitrogen and oxygen atoms in total. The van der Waals surface area contributed by atoms with E-state index < -0.39 is 0 Å². The highest BCUT2D eigenvalue weighted by molar-refractivity contribution is 5.22. The Kier molecular flexibility index (Phi) is 3.89. The molecule has 0 bridgehead atoms. The normalized spacial score (nSPS) is 20.8. The molecule has 0 spiro atoms. The Hall–Kier alpha value is -0.870. The van der Waals surface area contributed by atoms with Gasteiger partial charge in [0.15, 0.2) is 0 Å². The Morgan fingerprint density at radius 3 is 2.89 bits per heavy atom. The number of aromatic nitrogens is 2. The Labute approximate surface area is 115 Å². The molecule has 0 amide bonds. The zero-order chi connectivity index (χ0) is 13.2. The average Bonchev–Trinajstić information content (AvgIpc) is 2.76. The van der Waals surface area contributed by atoms with E-state index in [2.05, 4.69) is 23.7 Å². The van der Waals surface area contributed by atoms with Gasteiger partial charge in [-0.15, -0.1) is 0 Å². The number of nitrogens with one attached hydrogen (secondary N) is 1. The summed E-state index contributed by atoms with van der Waals surface area (Å²) in [5.41, 5.74) is 2.77. The van der Waals surface area contributed by atoms with Gasteiger partial charge < -0.3 is 14.6 Å². The number of ether oxygens (including phenoxy) is 1. The van der Waals surface area contributed by atoms with Crippen LogP contribution in [-0.4, -0.2) is 29.3 Å². The van der Waals surface area contributed by atoms with Gasteiger partial charge in [0.1, 0.15) is 5.82 Å². The van der Waals surface area contributed by atoms with Crippen LogP contribution in [0.25, 0.3) is 0 Å². The summed E-state index contributed by atoms with van der Waals surface area (Å²) in [4.78, 5) is 4.93. The first-order valence-electron chi connectivity index (χ1n) is 7.63. The van der Waals surface area contributed by atoms with Crippen LogP contribution in [0.4, 0.5) is 0 Å². The quantitative estimate of drug-likeness (QED) is 0.907. The highest BCUT2D eigenvalue weighted by atomic mass is 16.5. The molecule has 3 heterocycles.